The van der Waals surface area contributed by atoms with Crippen LogP contribution in [0.3, 0.4) is 0 Å². The molecule has 1 rings (SSSR count). The Morgan fingerprint density at radius 2 is 2.00 bits per heavy atom. The molecule has 108 valence electrons. The molecule has 0 radical (unpaired) electrons. The smallest absolute Gasteiger partial charge is 0.329 e. The number of hydrogen-bond donors (Lipinski definition) is 4. The third-order valence-corrected chi connectivity index (χ3v) is 3.15. The molecule has 5 N–H and O–H groups in total. The van der Waals surface area contributed by atoms with Gasteiger partial charge in [0.05, 0.1) is 0 Å². The summed E-state index contributed by atoms with van der Waals surface area (Å²) in [7, 11) is 1.48. The first kappa shape index (κ1) is 15.3. The fraction of sp³-hybridized carbons (Fsp3) is 0.667. The topological polar surface area (TPSA) is 113 Å². The summed E-state index contributed by atoms with van der Waals surface area (Å²) in [6.45, 7) is 5.98. The van der Waals surface area contributed by atoms with Crippen molar-refractivity contribution in [3.05, 3.63) is 20.8 Å². The molecule has 7 heteroatoms. The Labute approximate surface area is 111 Å². The highest BCUT2D eigenvalue weighted by Gasteiger charge is 2.26. The zero-order valence-electron chi connectivity index (χ0n) is 11.8. The van der Waals surface area contributed by atoms with Gasteiger partial charge in [0.15, 0.2) is 0 Å². The van der Waals surface area contributed by atoms with Gasteiger partial charge in [-0.25, -0.2) is 4.79 Å². The van der Waals surface area contributed by atoms with E-state index in [-0.39, 0.29) is 29.6 Å². The van der Waals surface area contributed by atoms with E-state index in [0.717, 1.165) is 0 Å². The number of aliphatic hydroxyl groups is 1. The standard InChI is InChI=1S/C12H22N4O3/c1-12(2,3)7(5-6-17)14-8-9(13)16(4)11(19)15-10(8)18/h7,14,17H,5-6,13H2,1-4H3,(H,15,18,19). The molecule has 0 aliphatic carbocycles. The summed E-state index contributed by atoms with van der Waals surface area (Å²) < 4.78 is 1.17. The van der Waals surface area contributed by atoms with Gasteiger partial charge in [-0.1, -0.05) is 20.8 Å². The predicted molar refractivity (Wildman–Crippen MR) is 75.3 cm³/mol. The molecule has 0 saturated heterocycles. The Bertz CT molecular complexity index is 554. The van der Waals surface area contributed by atoms with E-state index in [0.29, 0.717) is 6.42 Å². The van der Waals surface area contributed by atoms with Gasteiger partial charge in [-0.05, 0) is 11.8 Å². The first-order valence-electron chi connectivity index (χ1n) is 6.14. The second kappa shape index (κ2) is 5.48. The summed E-state index contributed by atoms with van der Waals surface area (Å²) in [6, 6.07) is -0.140. The van der Waals surface area contributed by atoms with Crippen LogP contribution in [0.2, 0.25) is 0 Å². The molecule has 1 atom stereocenters. The molecule has 19 heavy (non-hydrogen) atoms. The summed E-state index contributed by atoms with van der Waals surface area (Å²) in [4.78, 5) is 25.4. The summed E-state index contributed by atoms with van der Waals surface area (Å²) >= 11 is 0. The minimum atomic E-state index is -0.553. The minimum absolute atomic E-state index is 0.00148. The van der Waals surface area contributed by atoms with E-state index in [4.69, 9.17) is 10.8 Å². The highest BCUT2D eigenvalue weighted by atomic mass is 16.3. The molecule has 7 nitrogen and oxygen atoms in total. The van der Waals surface area contributed by atoms with Crippen LogP contribution in [0.15, 0.2) is 9.59 Å². The van der Waals surface area contributed by atoms with E-state index < -0.39 is 11.2 Å². The second-order valence-electron chi connectivity index (χ2n) is 5.65. The van der Waals surface area contributed by atoms with E-state index in [9.17, 15) is 9.59 Å². The van der Waals surface area contributed by atoms with Gasteiger partial charge in [0.25, 0.3) is 5.56 Å². The Kier molecular flexibility index (Phi) is 4.41. The van der Waals surface area contributed by atoms with Crippen molar-refractivity contribution in [3.63, 3.8) is 0 Å². The Hall–Kier alpha value is -1.76. The molecular weight excluding hydrogens is 248 g/mol. The summed E-state index contributed by atoms with van der Waals surface area (Å²) in [5.41, 5.74) is 4.68. The van der Waals surface area contributed by atoms with Crippen LogP contribution in [0.4, 0.5) is 11.5 Å². The van der Waals surface area contributed by atoms with Gasteiger partial charge in [0.2, 0.25) is 0 Å². The number of aromatic nitrogens is 2. The van der Waals surface area contributed by atoms with Gasteiger partial charge in [0.1, 0.15) is 11.5 Å². The Morgan fingerprint density at radius 3 is 2.47 bits per heavy atom. The van der Waals surface area contributed by atoms with Crippen molar-refractivity contribution >= 4 is 11.5 Å². The normalized spacial score (nSPS) is 13.3. The molecule has 1 unspecified atom stereocenters. The molecule has 0 aromatic carbocycles. The zero-order chi connectivity index (χ0) is 14.8. The molecule has 1 aromatic rings. The van der Waals surface area contributed by atoms with Crippen LogP contribution >= 0.6 is 0 Å². The maximum Gasteiger partial charge on any atom is 0.329 e. The summed E-state index contributed by atoms with van der Waals surface area (Å²) in [6.07, 6.45) is 0.477. The highest BCUT2D eigenvalue weighted by molar-refractivity contribution is 5.60. The lowest BCUT2D eigenvalue weighted by Gasteiger charge is -2.32. The van der Waals surface area contributed by atoms with Crippen LogP contribution in [0.5, 0.6) is 0 Å². The fourth-order valence-corrected chi connectivity index (χ4v) is 1.80. The molecule has 1 aromatic heterocycles. The number of aliphatic hydroxyl groups excluding tert-OH is 1. The van der Waals surface area contributed by atoms with Crippen molar-refractivity contribution in [2.24, 2.45) is 12.5 Å². The Balaban J connectivity index is 3.21. The number of anilines is 2. The van der Waals surface area contributed by atoms with Crippen molar-refractivity contribution < 1.29 is 5.11 Å². The molecule has 0 spiro atoms. The third-order valence-electron chi connectivity index (χ3n) is 3.15. The maximum atomic E-state index is 11.8. The van der Waals surface area contributed by atoms with Gasteiger partial charge in [-0.3, -0.25) is 14.3 Å². The van der Waals surface area contributed by atoms with Crippen molar-refractivity contribution in [1.82, 2.24) is 9.55 Å². The van der Waals surface area contributed by atoms with Gasteiger partial charge in [-0.15, -0.1) is 0 Å². The number of nitrogen functional groups attached to an aromatic ring is 1. The van der Waals surface area contributed by atoms with Gasteiger partial charge in [0, 0.05) is 19.7 Å². The van der Waals surface area contributed by atoms with Crippen LogP contribution in [-0.2, 0) is 7.05 Å². The molecule has 0 bridgehead atoms. The van der Waals surface area contributed by atoms with Gasteiger partial charge < -0.3 is 16.2 Å². The summed E-state index contributed by atoms with van der Waals surface area (Å²) in [5.74, 6) is 0.0842. The largest absolute Gasteiger partial charge is 0.396 e. The number of hydrogen-bond acceptors (Lipinski definition) is 5. The first-order valence-corrected chi connectivity index (χ1v) is 6.14. The van der Waals surface area contributed by atoms with Crippen molar-refractivity contribution in [3.8, 4) is 0 Å². The number of nitrogens with one attached hydrogen (secondary N) is 2. The van der Waals surface area contributed by atoms with Crippen LogP contribution in [-0.4, -0.2) is 27.3 Å². The lowest BCUT2D eigenvalue weighted by molar-refractivity contribution is 0.235. The van der Waals surface area contributed by atoms with E-state index >= 15 is 0 Å². The van der Waals surface area contributed by atoms with Crippen LogP contribution < -0.4 is 22.3 Å². The van der Waals surface area contributed by atoms with Gasteiger partial charge in [-0.2, -0.15) is 0 Å². The summed E-state index contributed by atoms with van der Waals surface area (Å²) in [5, 5.41) is 12.1. The van der Waals surface area contributed by atoms with Crippen LogP contribution in [0.25, 0.3) is 0 Å². The average Bonchev–Trinajstić information content (AvgIpc) is 2.29. The third kappa shape index (κ3) is 3.37. The maximum absolute atomic E-state index is 11.8. The highest BCUT2D eigenvalue weighted by Crippen LogP contribution is 2.25. The van der Waals surface area contributed by atoms with Gasteiger partial charge >= 0.3 is 5.69 Å². The first-order chi connectivity index (χ1) is 8.68. The predicted octanol–water partition coefficient (Wildman–Crippen LogP) is -0.135. The molecule has 0 fully saturated rings. The quantitative estimate of drug-likeness (QED) is 0.608. The molecule has 0 aliphatic rings. The lowest BCUT2D eigenvalue weighted by Crippen LogP contribution is -2.39. The lowest BCUT2D eigenvalue weighted by atomic mass is 9.85. The number of H-pyrrole nitrogens is 1. The molecule has 1 heterocycles. The minimum Gasteiger partial charge on any atom is -0.396 e. The van der Waals surface area contributed by atoms with Crippen LogP contribution in [0.1, 0.15) is 27.2 Å². The number of aromatic amines is 1. The van der Waals surface area contributed by atoms with Crippen LogP contribution in [0, 0.1) is 5.41 Å². The average molecular weight is 270 g/mol. The monoisotopic (exact) mass is 270 g/mol. The molecule has 0 aliphatic heterocycles. The zero-order valence-corrected chi connectivity index (χ0v) is 11.8. The van der Waals surface area contributed by atoms with E-state index in [2.05, 4.69) is 10.3 Å². The van der Waals surface area contributed by atoms with Crippen molar-refractivity contribution in [1.29, 1.82) is 0 Å². The SMILES string of the molecule is Cn1c(N)c(NC(CCO)C(C)(C)C)c(=O)[nH]c1=O. The fourth-order valence-electron chi connectivity index (χ4n) is 1.80. The van der Waals surface area contributed by atoms with E-state index in [1.165, 1.54) is 11.6 Å². The number of nitrogens with zero attached hydrogens (tertiary/aromatic N) is 1. The molecular formula is C12H22N4O3. The van der Waals surface area contributed by atoms with Crippen molar-refractivity contribution in [2.45, 2.75) is 33.2 Å². The van der Waals surface area contributed by atoms with Crippen molar-refractivity contribution in [2.75, 3.05) is 17.7 Å². The number of nitrogens with two attached hydrogens (primary N) is 1. The van der Waals surface area contributed by atoms with E-state index in [1.807, 2.05) is 20.8 Å². The number of rotatable bonds is 4. The Morgan fingerprint density at radius 1 is 1.42 bits per heavy atom. The molecule has 0 amide bonds. The molecule has 0 saturated carbocycles. The second-order valence-corrected chi connectivity index (χ2v) is 5.65. The van der Waals surface area contributed by atoms with E-state index in [1.54, 1.807) is 0 Å².